The molecule has 4 rings (SSSR count). The zero-order valence-electron chi connectivity index (χ0n) is 18.0. The van der Waals surface area contributed by atoms with Crippen LogP contribution in [0.15, 0.2) is 72.8 Å². The monoisotopic (exact) mass is 409 g/mol. The topological polar surface area (TPSA) is 38.3 Å². The van der Waals surface area contributed by atoms with Crippen LogP contribution in [0.2, 0.25) is 0 Å². The van der Waals surface area contributed by atoms with Crippen LogP contribution in [0.4, 0.5) is 4.79 Å². The van der Waals surface area contributed by atoms with Crippen molar-refractivity contribution in [2.24, 2.45) is 0 Å². The highest BCUT2D eigenvalue weighted by Gasteiger charge is 2.28. The molecule has 0 radical (unpaired) electrons. The Morgan fingerprint density at radius 1 is 0.935 bits per heavy atom. The lowest BCUT2D eigenvalue weighted by Crippen LogP contribution is -2.26. The Bertz CT molecular complexity index is 1070. The maximum Gasteiger partial charge on any atom is 0.407 e. The highest BCUT2D eigenvalue weighted by Crippen LogP contribution is 2.44. The number of alkyl carbamates (subject to hydrolysis) is 1. The largest absolute Gasteiger partial charge is 0.449 e. The van der Waals surface area contributed by atoms with Gasteiger partial charge in [0.15, 0.2) is 0 Å². The molecule has 3 nitrogen and oxygen atoms in total. The van der Waals surface area contributed by atoms with E-state index in [1.54, 1.807) is 0 Å². The first kappa shape index (κ1) is 20.8. The van der Waals surface area contributed by atoms with Gasteiger partial charge < -0.3 is 10.1 Å². The van der Waals surface area contributed by atoms with Gasteiger partial charge in [-0.25, -0.2) is 4.79 Å². The molecule has 0 saturated carbocycles. The molecule has 3 aromatic carbocycles. The van der Waals surface area contributed by atoms with Crippen LogP contribution in [0.5, 0.6) is 0 Å². The van der Waals surface area contributed by atoms with Gasteiger partial charge in [0, 0.05) is 24.4 Å². The first-order chi connectivity index (χ1) is 15.1. The van der Waals surface area contributed by atoms with Crippen molar-refractivity contribution in [3.8, 4) is 23.0 Å². The van der Waals surface area contributed by atoms with Crippen LogP contribution >= 0.6 is 0 Å². The minimum Gasteiger partial charge on any atom is -0.449 e. The molecule has 0 aliphatic heterocycles. The summed E-state index contributed by atoms with van der Waals surface area (Å²) < 4.78 is 5.54. The Morgan fingerprint density at radius 2 is 1.55 bits per heavy atom. The molecule has 0 heterocycles. The SMILES string of the molecule is CC(C)c1ccc(C#CCCNC(=O)OCC2c3ccccc3-c3ccccc32)cc1. The number of amides is 1. The Balaban J connectivity index is 1.26. The number of ether oxygens (including phenoxy) is 1. The van der Waals surface area contributed by atoms with E-state index in [4.69, 9.17) is 4.74 Å². The highest BCUT2D eigenvalue weighted by atomic mass is 16.5. The lowest BCUT2D eigenvalue weighted by atomic mass is 9.98. The number of rotatable bonds is 5. The van der Waals surface area contributed by atoms with Crippen LogP contribution in [0.1, 0.15) is 54.4 Å². The Morgan fingerprint density at radius 3 is 2.16 bits per heavy atom. The Hall–Kier alpha value is -3.51. The van der Waals surface area contributed by atoms with E-state index in [1.807, 2.05) is 36.4 Å². The molecule has 0 fully saturated rings. The van der Waals surface area contributed by atoms with Gasteiger partial charge in [-0.2, -0.15) is 0 Å². The second-order valence-electron chi connectivity index (χ2n) is 8.08. The fourth-order valence-corrected chi connectivity index (χ4v) is 3.99. The minimum absolute atomic E-state index is 0.0757. The molecule has 0 atom stereocenters. The van der Waals surface area contributed by atoms with Crippen molar-refractivity contribution in [2.75, 3.05) is 13.2 Å². The van der Waals surface area contributed by atoms with Crippen molar-refractivity contribution in [1.29, 1.82) is 0 Å². The van der Waals surface area contributed by atoms with Crippen molar-refractivity contribution in [1.82, 2.24) is 5.32 Å². The lowest BCUT2D eigenvalue weighted by molar-refractivity contribution is 0.143. The molecule has 0 unspecified atom stereocenters. The number of carbonyl (C=O) groups is 1. The van der Waals surface area contributed by atoms with Crippen LogP contribution in [0, 0.1) is 11.8 Å². The molecular weight excluding hydrogens is 382 g/mol. The molecule has 3 heteroatoms. The maximum atomic E-state index is 12.2. The molecule has 0 saturated heterocycles. The molecular formula is C28H27NO2. The second kappa shape index (κ2) is 9.53. The summed E-state index contributed by atoms with van der Waals surface area (Å²) in [4.78, 5) is 12.2. The summed E-state index contributed by atoms with van der Waals surface area (Å²) in [6, 6.07) is 25.0. The summed E-state index contributed by atoms with van der Waals surface area (Å²) in [5.41, 5.74) is 7.18. The number of hydrogen-bond donors (Lipinski definition) is 1. The number of fused-ring (bicyclic) bond motifs is 3. The van der Waals surface area contributed by atoms with E-state index >= 15 is 0 Å². The molecule has 1 aliphatic rings. The van der Waals surface area contributed by atoms with E-state index < -0.39 is 6.09 Å². The van der Waals surface area contributed by atoms with Gasteiger partial charge in [0.2, 0.25) is 0 Å². The van der Waals surface area contributed by atoms with Gasteiger partial charge in [-0.3, -0.25) is 0 Å². The van der Waals surface area contributed by atoms with Crippen LogP contribution < -0.4 is 5.32 Å². The Kier molecular flexibility index (Phi) is 6.38. The van der Waals surface area contributed by atoms with Gasteiger partial charge >= 0.3 is 6.09 Å². The minimum atomic E-state index is -0.398. The molecule has 1 aliphatic carbocycles. The molecule has 3 aromatic rings. The van der Waals surface area contributed by atoms with Gasteiger partial charge in [0.05, 0.1) is 0 Å². The van der Waals surface area contributed by atoms with E-state index in [1.165, 1.54) is 27.8 Å². The van der Waals surface area contributed by atoms with E-state index in [9.17, 15) is 4.79 Å². The van der Waals surface area contributed by atoms with E-state index in [0.29, 0.717) is 25.5 Å². The van der Waals surface area contributed by atoms with Gasteiger partial charge in [-0.15, -0.1) is 0 Å². The summed E-state index contributed by atoms with van der Waals surface area (Å²) >= 11 is 0. The number of hydrogen-bond acceptors (Lipinski definition) is 2. The molecule has 156 valence electrons. The van der Waals surface area contributed by atoms with Crippen LogP contribution in [-0.2, 0) is 4.74 Å². The second-order valence-corrected chi connectivity index (χ2v) is 8.08. The van der Waals surface area contributed by atoms with Crippen molar-refractivity contribution >= 4 is 6.09 Å². The first-order valence-electron chi connectivity index (χ1n) is 10.8. The fourth-order valence-electron chi connectivity index (χ4n) is 3.99. The standard InChI is InChI=1S/C28H27NO2/c1-20(2)22-16-14-21(15-17-22)9-7-8-18-29-28(30)31-19-27-25-12-5-3-10-23(25)24-11-4-6-13-26(24)27/h3-6,10-17,20,27H,8,18-19H2,1-2H3,(H,29,30). The van der Waals surface area contributed by atoms with E-state index in [2.05, 4.69) is 67.4 Å². The molecule has 0 aromatic heterocycles. The van der Waals surface area contributed by atoms with Gasteiger partial charge in [-0.1, -0.05) is 86.4 Å². The lowest BCUT2D eigenvalue weighted by Gasteiger charge is -2.14. The quantitative estimate of drug-likeness (QED) is 0.409. The maximum absolute atomic E-state index is 12.2. The summed E-state index contributed by atoms with van der Waals surface area (Å²) in [7, 11) is 0. The van der Waals surface area contributed by atoms with E-state index in [-0.39, 0.29) is 5.92 Å². The average Bonchev–Trinajstić information content (AvgIpc) is 3.11. The summed E-state index contributed by atoms with van der Waals surface area (Å²) in [6.45, 7) is 5.15. The third-order valence-electron chi connectivity index (χ3n) is 5.67. The molecule has 0 bridgehead atoms. The summed E-state index contributed by atoms with van der Waals surface area (Å²) in [6.07, 6.45) is 0.181. The zero-order valence-corrected chi connectivity index (χ0v) is 18.0. The van der Waals surface area contributed by atoms with Gasteiger partial charge in [-0.05, 0) is 45.9 Å². The summed E-state index contributed by atoms with van der Waals surface area (Å²) in [5.74, 6) is 6.84. The number of benzene rings is 3. The molecule has 31 heavy (non-hydrogen) atoms. The van der Waals surface area contributed by atoms with Gasteiger partial charge in [0.1, 0.15) is 6.61 Å². The fraction of sp³-hybridized carbons (Fsp3) is 0.250. The van der Waals surface area contributed by atoms with Crippen molar-refractivity contribution in [2.45, 2.75) is 32.1 Å². The zero-order chi connectivity index (χ0) is 21.6. The normalized spacial score (nSPS) is 12.0. The van der Waals surface area contributed by atoms with Gasteiger partial charge in [0.25, 0.3) is 0 Å². The molecule has 1 amide bonds. The van der Waals surface area contributed by atoms with Crippen molar-refractivity contribution < 1.29 is 9.53 Å². The first-order valence-corrected chi connectivity index (χ1v) is 10.8. The van der Waals surface area contributed by atoms with Crippen molar-refractivity contribution in [3.05, 3.63) is 95.1 Å². The van der Waals surface area contributed by atoms with Crippen LogP contribution in [0.3, 0.4) is 0 Å². The predicted octanol–water partition coefficient (Wildman–Crippen LogP) is 6.09. The highest BCUT2D eigenvalue weighted by molar-refractivity contribution is 5.79. The molecule has 1 N–H and O–H groups in total. The third kappa shape index (κ3) is 4.81. The third-order valence-corrected chi connectivity index (χ3v) is 5.67. The smallest absolute Gasteiger partial charge is 0.407 e. The molecule has 0 spiro atoms. The van der Waals surface area contributed by atoms with Crippen LogP contribution in [0.25, 0.3) is 11.1 Å². The average molecular weight is 410 g/mol. The number of carbonyl (C=O) groups excluding carboxylic acids is 1. The predicted molar refractivity (Wildman–Crippen MR) is 125 cm³/mol. The summed E-state index contributed by atoms with van der Waals surface area (Å²) in [5, 5.41) is 2.80. The van der Waals surface area contributed by atoms with E-state index in [0.717, 1.165) is 5.56 Å². The Labute approximate surface area is 184 Å². The van der Waals surface area contributed by atoms with Crippen LogP contribution in [-0.4, -0.2) is 19.2 Å². The number of nitrogens with one attached hydrogen (secondary N) is 1. The van der Waals surface area contributed by atoms with Crippen molar-refractivity contribution in [3.63, 3.8) is 0 Å².